The minimum atomic E-state index is 0.409. The number of aryl methyl sites for hydroxylation is 1. The van der Waals surface area contributed by atoms with Gasteiger partial charge in [-0.05, 0) is 30.6 Å². The quantitative estimate of drug-likeness (QED) is 0.694. The fourth-order valence-electron chi connectivity index (χ4n) is 1.13. The molecule has 0 radical (unpaired) electrons. The van der Waals surface area contributed by atoms with Gasteiger partial charge in [-0.1, -0.05) is 23.6 Å². The van der Waals surface area contributed by atoms with Crippen LogP contribution in [0.2, 0.25) is 0 Å². The third-order valence-corrected chi connectivity index (χ3v) is 4.98. The van der Waals surface area contributed by atoms with Gasteiger partial charge in [-0.3, -0.25) is 0 Å². The molecule has 0 aliphatic heterocycles. The van der Waals surface area contributed by atoms with Crippen LogP contribution in [0.15, 0.2) is 16.5 Å². The number of thiophene rings is 1. The van der Waals surface area contributed by atoms with Crippen LogP contribution < -0.4 is 5.73 Å². The lowest BCUT2D eigenvalue weighted by molar-refractivity contribution is 1.10. The Kier molecular flexibility index (Phi) is 4.57. The third kappa shape index (κ3) is 3.82. The Morgan fingerprint density at radius 3 is 3.06 bits per heavy atom. The lowest BCUT2D eigenvalue weighted by atomic mass is 10.4. The fraction of sp³-hybridized carbons (Fsp3) is 0.273. The molecular formula is C11H11N3S3. The van der Waals surface area contributed by atoms with Crippen molar-refractivity contribution in [2.45, 2.75) is 17.0 Å². The van der Waals surface area contributed by atoms with E-state index in [-0.39, 0.29) is 0 Å². The van der Waals surface area contributed by atoms with Gasteiger partial charge in [0, 0.05) is 10.6 Å². The summed E-state index contributed by atoms with van der Waals surface area (Å²) in [5.41, 5.74) is 5.33. The Bertz CT molecular complexity index is 548. The predicted octanol–water partition coefficient (Wildman–Crippen LogP) is 2.51. The van der Waals surface area contributed by atoms with Gasteiger partial charge in [-0.15, -0.1) is 11.3 Å². The maximum absolute atomic E-state index is 5.33. The SMILES string of the molecule is Cc1nsc(SCc2ccc(C#CCN)s2)n1. The van der Waals surface area contributed by atoms with Gasteiger partial charge in [-0.25, -0.2) is 4.98 Å². The highest BCUT2D eigenvalue weighted by Gasteiger charge is 2.03. The van der Waals surface area contributed by atoms with Crippen LogP contribution in [0.5, 0.6) is 0 Å². The van der Waals surface area contributed by atoms with Crippen LogP contribution >= 0.6 is 34.6 Å². The molecule has 6 heteroatoms. The summed E-state index contributed by atoms with van der Waals surface area (Å²) in [4.78, 5) is 6.68. The fourth-order valence-corrected chi connectivity index (χ4v) is 3.70. The molecule has 0 saturated carbocycles. The molecule has 17 heavy (non-hydrogen) atoms. The molecule has 2 rings (SSSR count). The number of thioether (sulfide) groups is 1. The Hall–Kier alpha value is -0.870. The number of nitrogens with zero attached hydrogens (tertiary/aromatic N) is 2. The van der Waals surface area contributed by atoms with E-state index in [2.05, 4.69) is 27.3 Å². The Labute approximate surface area is 113 Å². The maximum atomic E-state index is 5.33. The zero-order chi connectivity index (χ0) is 12.1. The summed E-state index contributed by atoms with van der Waals surface area (Å²) < 4.78 is 5.17. The molecule has 2 aromatic heterocycles. The van der Waals surface area contributed by atoms with Crippen LogP contribution in [0.4, 0.5) is 0 Å². The monoisotopic (exact) mass is 281 g/mol. The molecule has 0 amide bonds. The molecule has 0 unspecified atom stereocenters. The first kappa shape index (κ1) is 12.6. The summed E-state index contributed by atoms with van der Waals surface area (Å²) in [6.07, 6.45) is 0. The van der Waals surface area contributed by atoms with E-state index in [4.69, 9.17) is 5.73 Å². The summed E-state index contributed by atoms with van der Waals surface area (Å²) in [6.45, 7) is 2.32. The zero-order valence-corrected chi connectivity index (χ0v) is 11.7. The lowest BCUT2D eigenvalue weighted by Crippen LogP contribution is -1.92. The molecule has 0 fully saturated rings. The molecule has 0 aliphatic carbocycles. The van der Waals surface area contributed by atoms with Crippen molar-refractivity contribution in [1.29, 1.82) is 0 Å². The topological polar surface area (TPSA) is 51.8 Å². The first-order valence-electron chi connectivity index (χ1n) is 4.98. The van der Waals surface area contributed by atoms with Gasteiger partial charge in [-0.2, -0.15) is 4.37 Å². The maximum Gasteiger partial charge on any atom is 0.170 e. The van der Waals surface area contributed by atoms with Gasteiger partial charge in [0.25, 0.3) is 0 Å². The van der Waals surface area contributed by atoms with Crippen molar-refractivity contribution in [2.75, 3.05) is 6.54 Å². The van der Waals surface area contributed by atoms with Crippen molar-refractivity contribution in [1.82, 2.24) is 9.36 Å². The second-order valence-corrected chi connectivity index (χ2v) is 6.31. The first-order chi connectivity index (χ1) is 8.28. The number of hydrogen-bond acceptors (Lipinski definition) is 6. The van der Waals surface area contributed by atoms with E-state index in [0.29, 0.717) is 6.54 Å². The highest BCUT2D eigenvalue weighted by Crippen LogP contribution is 2.27. The van der Waals surface area contributed by atoms with Gasteiger partial charge in [0.05, 0.1) is 11.4 Å². The van der Waals surface area contributed by atoms with E-state index >= 15 is 0 Å². The van der Waals surface area contributed by atoms with Crippen molar-refractivity contribution in [3.63, 3.8) is 0 Å². The normalized spacial score (nSPS) is 10.0. The van der Waals surface area contributed by atoms with Crippen LogP contribution in [0, 0.1) is 18.8 Å². The zero-order valence-electron chi connectivity index (χ0n) is 9.27. The summed E-state index contributed by atoms with van der Waals surface area (Å²) in [5, 5.41) is 0. The predicted molar refractivity (Wildman–Crippen MR) is 74.5 cm³/mol. The summed E-state index contributed by atoms with van der Waals surface area (Å²) in [5.74, 6) is 7.66. The lowest BCUT2D eigenvalue weighted by Gasteiger charge is -1.91. The minimum absolute atomic E-state index is 0.409. The molecule has 3 nitrogen and oxygen atoms in total. The van der Waals surface area contributed by atoms with Crippen molar-refractivity contribution >= 4 is 34.6 Å². The summed E-state index contributed by atoms with van der Waals surface area (Å²) in [7, 11) is 0. The Balaban J connectivity index is 1.93. The number of hydrogen-bond donors (Lipinski definition) is 1. The second kappa shape index (κ2) is 6.17. The van der Waals surface area contributed by atoms with Crippen molar-refractivity contribution in [2.24, 2.45) is 5.73 Å². The number of rotatable bonds is 3. The molecule has 0 spiro atoms. The van der Waals surface area contributed by atoms with E-state index in [1.54, 1.807) is 23.1 Å². The molecule has 2 aromatic rings. The van der Waals surface area contributed by atoms with Crippen molar-refractivity contribution in [3.8, 4) is 11.8 Å². The highest BCUT2D eigenvalue weighted by molar-refractivity contribution is 8.00. The van der Waals surface area contributed by atoms with E-state index in [9.17, 15) is 0 Å². The average Bonchev–Trinajstić information content (AvgIpc) is 2.93. The molecule has 0 aliphatic rings. The van der Waals surface area contributed by atoms with Crippen LogP contribution in [0.1, 0.15) is 15.6 Å². The Morgan fingerprint density at radius 2 is 2.35 bits per heavy atom. The smallest absolute Gasteiger partial charge is 0.170 e. The van der Waals surface area contributed by atoms with Crippen LogP contribution in [0.25, 0.3) is 0 Å². The van der Waals surface area contributed by atoms with E-state index in [1.165, 1.54) is 16.4 Å². The third-order valence-electron chi connectivity index (χ3n) is 1.82. The van der Waals surface area contributed by atoms with E-state index in [1.807, 2.05) is 13.0 Å². The minimum Gasteiger partial charge on any atom is -0.320 e. The van der Waals surface area contributed by atoms with Gasteiger partial charge in [0.15, 0.2) is 4.34 Å². The van der Waals surface area contributed by atoms with E-state index in [0.717, 1.165) is 20.8 Å². The average molecular weight is 281 g/mol. The van der Waals surface area contributed by atoms with Crippen LogP contribution in [0.3, 0.4) is 0 Å². The van der Waals surface area contributed by atoms with E-state index < -0.39 is 0 Å². The second-order valence-electron chi connectivity index (χ2n) is 3.17. The summed E-state index contributed by atoms with van der Waals surface area (Å²) in [6, 6.07) is 4.14. The molecule has 88 valence electrons. The van der Waals surface area contributed by atoms with Crippen LogP contribution in [-0.2, 0) is 5.75 Å². The molecule has 2 heterocycles. The highest BCUT2D eigenvalue weighted by atomic mass is 32.2. The number of aromatic nitrogens is 2. The standard InChI is InChI=1S/C11H11N3S3/c1-8-13-11(17-14-8)15-7-10-5-4-9(16-10)3-2-6-12/h4-5H,6-7,12H2,1H3. The summed E-state index contributed by atoms with van der Waals surface area (Å²) >= 11 is 4.87. The molecule has 0 bridgehead atoms. The molecular weight excluding hydrogens is 270 g/mol. The molecule has 2 N–H and O–H groups in total. The van der Waals surface area contributed by atoms with Crippen molar-refractivity contribution in [3.05, 3.63) is 27.7 Å². The Morgan fingerprint density at radius 1 is 1.47 bits per heavy atom. The van der Waals surface area contributed by atoms with Gasteiger partial charge < -0.3 is 5.73 Å². The van der Waals surface area contributed by atoms with Crippen LogP contribution in [-0.4, -0.2) is 15.9 Å². The molecule has 0 saturated heterocycles. The first-order valence-corrected chi connectivity index (χ1v) is 7.56. The number of nitrogens with two attached hydrogens (primary N) is 1. The molecule has 0 aromatic carbocycles. The largest absolute Gasteiger partial charge is 0.320 e. The van der Waals surface area contributed by atoms with Gasteiger partial charge >= 0.3 is 0 Å². The van der Waals surface area contributed by atoms with Crippen molar-refractivity contribution < 1.29 is 0 Å². The molecule has 0 atom stereocenters. The van der Waals surface area contributed by atoms with Gasteiger partial charge in [0.1, 0.15) is 5.82 Å². The van der Waals surface area contributed by atoms with Gasteiger partial charge in [0.2, 0.25) is 0 Å².